The summed E-state index contributed by atoms with van der Waals surface area (Å²) < 4.78 is 46.2. The molecule has 1 aromatic carbocycles. The van der Waals surface area contributed by atoms with E-state index in [2.05, 4.69) is 4.72 Å². The summed E-state index contributed by atoms with van der Waals surface area (Å²) in [5.41, 5.74) is 1.69. The molecule has 1 heterocycles. The average molecular weight is 456 g/mol. The molecule has 2 N–H and O–H groups in total. The largest absolute Gasteiger partial charge is 0.461 e. The van der Waals surface area contributed by atoms with E-state index in [1.807, 2.05) is 19.1 Å². The van der Waals surface area contributed by atoms with Gasteiger partial charge in [0.2, 0.25) is 10.0 Å². The third-order valence-corrected chi connectivity index (χ3v) is 7.15. The van der Waals surface area contributed by atoms with Crippen molar-refractivity contribution in [1.82, 2.24) is 4.72 Å². The Bertz CT molecular complexity index is 884. The summed E-state index contributed by atoms with van der Waals surface area (Å²) in [6, 6.07) is 6.49. The molecule has 1 saturated carbocycles. The first-order valence-electron chi connectivity index (χ1n) is 10.6. The molecular formula is C22H33NO7S. The van der Waals surface area contributed by atoms with E-state index in [4.69, 9.17) is 14.2 Å². The molecule has 6 atom stereocenters. The van der Waals surface area contributed by atoms with Gasteiger partial charge in [0.25, 0.3) is 0 Å². The van der Waals surface area contributed by atoms with Crippen LogP contribution in [0.15, 0.2) is 24.3 Å². The number of benzene rings is 1. The first-order valence-corrected chi connectivity index (χ1v) is 12.3. The highest BCUT2D eigenvalue weighted by Gasteiger charge is 2.52. The number of ether oxygens (including phenoxy) is 3. The maximum absolute atomic E-state index is 13.0. The van der Waals surface area contributed by atoms with Gasteiger partial charge >= 0.3 is 5.97 Å². The van der Waals surface area contributed by atoms with Crippen molar-refractivity contribution in [3.05, 3.63) is 35.4 Å². The van der Waals surface area contributed by atoms with Crippen LogP contribution in [-0.2, 0) is 34.8 Å². The van der Waals surface area contributed by atoms with Crippen LogP contribution in [0.5, 0.6) is 0 Å². The Morgan fingerprint density at radius 3 is 2.52 bits per heavy atom. The van der Waals surface area contributed by atoms with Crippen LogP contribution in [0, 0.1) is 12.8 Å². The molecule has 0 aromatic heterocycles. The molecule has 0 radical (unpaired) electrons. The van der Waals surface area contributed by atoms with E-state index in [1.54, 1.807) is 32.9 Å². The normalized spacial score (nSPS) is 29.7. The van der Waals surface area contributed by atoms with Crippen LogP contribution in [0.3, 0.4) is 0 Å². The number of esters is 1. The second-order valence-corrected chi connectivity index (χ2v) is 10.9. The molecule has 1 unspecified atom stereocenters. The molecule has 9 heteroatoms. The minimum Gasteiger partial charge on any atom is -0.461 e. The molecule has 2 fully saturated rings. The van der Waals surface area contributed by atoms with Gasteiger partial charge in [-0.1, -0.05) is 29.8 Å². The number of rotatable bonds is 7. The van der Waals surface area contributed by atoms with Crippen LogP contribution >= 0.6 is 0 Å². The Kier molecular flexibility index (Phi) is 7.12. The van der Waals surface area contributed by atoms with Gasteiger partial charge in [0, 0.05) is 19.3 Å². The minimum absolute atomic E-state index is 0.206. The van der Waals surface area contributed by atoms with Crippen LogP contribution in [-0.4, -0.2) is 55.7 Å². The molecular weight excluding hydrogens is 422 g/mol. The molecule has 1 aliphatic heterocycles. The summed E-state index contributed by atoms with van der Waals surface area (Å²) in [4.78, 5) is 11.6. The molecule has 0 bridgehead atoms. The van der Waals surface area contributed by atoms with Crippen LogP contribution < -0.4 is 4.72 Å². The van der Waals surface area contributed by atoms with Crippen molar-refractivity contribution in [2.24, 2.45) is 5.92 Å². The number of aryl methyl sites for hydroxylation is 1. The van der Waals surface area contributed by atoms with Gasteiger partial charge in [-0.25, -0.2) is 13.1 Å². The summed E-state index contributed by atoms with van der Waals surface area (Å²) in [6.07, 6.45) is -1.49. The van der Waals surface area contributed by atoms with E-state index in [-0.39, 0.29) is 11.9 Å². The molecule has 0 spiro atoms. The Labute approximate surface area is 184 Å². The first kappa shape index (κ1) is 24.1. The van der Waals surface area contributed by atoms with Crippen LogP contribution in [0.1, 0.15) is 51.7 Å². The second kappa shape index (κ2) is 9.15. The van der Waals surface area contributed by atoms with E-state index in [1.165, 1.54) is 6.92 Å². The third-order valence-electron chi connectivity index (χ3n) is 5.80. The van der Waals surface area contributed by atoms with Crippen molar-refractivity contribution >= 4 is 16.0 Å². The summed E-state index contributed by atoms with van der Waals surface area (Å²) in [5.74, 6) is -1.99. The van der Waals surface area contributed by atoms with Crippen molar-refractivity contribution in [3.63, 3.8) is 0 Å². The topological polar surface area (TPSA) is 111 Å². The highest BCUT2D eigenvalue weighted by Crippen LogP contribution is 2.42. The second-order valence-electron chi connectivity index (χ2n) is 9.13. The van der Waals surface area contributed by atoms with Crippen molar-refractivity contribution in [2.75, 3.05) is 0 Å². The number of hydrogen-bond donors (Lipinski definition) is 2. The Morgan fingerprint density at radius 1 is 1.26 bits per heavy atom. The van der Waals surface area contributed by atoms with E-state index < -0.39 is 52.1 Å². The van der Waals surface area contributed by atoms with Gasteiger partial charge in [-0.15, -0.1) is 0 Å². The number of fused-ring (bicyclic) bond motifs is 1. The van der Waals surface area contributed by atoms with Crippen molar-refractivity contribution in [2.45, 2.75) is 89.5 Å². The molecule has 1 aliphatic carbocycles. The van der Waals surface area contributed by atoms with Crippen LogP contribution in [0.2, 0.25) is 0 Å². The Hall–Kier alpha value is -1.52. The third kappa shape index (κ3) is 6.26. The maximum atomic E-state index is 13.0. The lowest BCUT2D eigenvalue weighted by Crippen LogP contribution is -2.56. The van der Waals surface area contributed by atoms with Gasteiger partial charge in [-0.2, -0.15) is 0 Å². The van der Waals surface area contributed by atoms with Gasteiger partial charge in [0.1, 0.15) is 6.10 Å². The fourth-order valence-corrected chi connectivity index (χ4v) is 6.09. The maximum Gasteiger partial charge on any atom is 0.302 e. The summed E-state index contributed by atoms with van der Waals surface area (Å²) >= 11 is 0. The highest BCUT2D eigenvalue weighted by atomic mass is 32.2. The monoisotopic (exact) mass is 455 g/mol. The number of carbonyl (C=O) groups is 1. The molecule has 2 aliphatic rings. The fourth-order valence-electron chi connectivity index (χ4n) is 4.59. The Morgan fingerprint density at radius 2 is 1.90 bits per heavy atom. The lowest BCUT2D eigenvalue weighted by atomic mass is 9.77. The zero-order chi connectivity index (χ0) is 23.0. The zero-order valence-electron chi connectivity index (χ0n) is 18.7. The summed E-state index contributed by atoms with van der Waals surface area (Å²) in [7, 11) is -3.77. The fraction of sp³-hybridized carbons (Fsp3) is 0.682. The molecule has 0 amide bonds. The van der Waals surface area contributed by atoms with Crippen LogP contribution in [0.4, 0.5) is 0 Å². The van der Waals surface area contributed by atoms with Gasteiger partial charge < -0.3 is 19.3 Å². The van der Waals surface area contributed by atoms with Gasteiger partial charge in [0.05, 0.1) is 30.1 Å². The number of hydrogen-bond acceptors (Lipinski definition) is 7. The number of sulfonamides is 1. The smallest absolute Gasteiger partial charge is 0.302 e. The lowest BCUT2D eigenvalue weighted by molar-refractivity contribution is -0.155. The predicted molar refractivity (Wildman–Crippen MR) is 115 cm³/mol. The summed E-state index contributed by atoms with van der Waals surface area (Å²) in [6.45, 7) is 8.45. The Balaban J connectivity index is 1.86. The van der Waals surface area contributed by atoms with E-state index in [0.29, 0.717) is 18.4 Å². The van der Waals surface area contributed by atoms with Crippen molar-refractivity contribution in [1.29, 1.82) is 0 Å². The standard InChI is InChI=1S/C22H33NO7S/c1-13-6-8-16(9-7-13)12-31(26,27)23-20(14(2)28-15(3)24)18-10-17(25)11-19-21(18)30-22(4,5)29-19/h6-9,14,17-21,23,25H,10-12H2,1-5H3/t14-,17+,18?,19+,20-,21+/m0/s1. The predicted octanol–water partition coefficient (Wildman–Crippen LogP) is 2.03. The van der Waals surface area contributed by atoms with Crippen molar-refractivity contribution in [3.8, 4) is 0 Å². The van der Waals surface area contributed by atoms with Gasteiger partial charge in [-0.05, 0) is 39.7 Å². The zero-order valence-corrected chi connectivity index (χ0v) is 19.5. The lowest BCUT2D eigenvalue weighted by Gasteiger charge is -2.40. The van der Waals surface area contributed by atoms with Gasteiger partial charge in [0.15, 0.2) is 5.79 Å². The minimum atomic E-state index is -3.77. The highest BCUT2D eigenvalue weighted by molar-refractivity contribution is 7.88. The quantitative estimate of drug-likeness (QED) is 0.605. The van der Waals surface area contributed by atoms with Crippen molar-refractivity contribution < 1.29 is 32.5 Å². The summed E-state index contributed by atoms with van der Waals surface area (Å²) in [5, 5.41) is 10.4. The van der Waals surface area contributed by atoms with Gasteiger partial charge in [-0.3, -0.25) is 4.79 Å². The number of aliphatic hydroxyl groups is 1. The van der Waals surface area contributed by atoms with E-state index in [0.717, 1.165) is 5.56 Å². The average Bonchev–Trinajstić information content (AvgIpc) is 2.94. The molecule has 1 aromatic rings. The molecule has 31 heavy (non-hydrogen) atoms. The number of carbonyl (C=O) groups excluding carboxylic acids is 1. The molecule has 174 valence electrons. The molecule has 1 saturated heterocycles. The van der Waals surface area contributed by atoms with E-state index in [9.17, 15) is 18.3 Å². The van der Waals surface area contributed by atoms with Crippen LogP contribution in [0.25, 0.3) is 0 Å². The molecule has 3 rings (SSSR count). The first-order chi connectivity index (χ1) is 14.3. The SMILES string of the molecule is CC(=O)O[C@@H](C)[C@H](NS(=O)(=O)Cc1ccc(C)cc1)C1C[C@@H](O)C[C@H]2OC(C)(C)O[C@H]12. The molecule has 8 nitrogen and oxygen atoms in total. The number of nitrogens with one attached hydrogen (secondary N) is 1. The number of aliphatic hydroxyl groups excluding tert-OH is 1. The van der Waals surface area contributed by atoms with E-state index >= 15 is 0 Å².